The van der Waals surface area contributed by atoms with Gasteiger partial charge in [0.25, 0.3) is 0 Å². The third-order valence-corrected chi connectivity index (χ3v) is 5.61. The van der Waals surface area contributed by atoms with Gasteiger partial charge >= 0.3 is 0 Å². The summed E-state index contributed by atoms with van der Waals surface area (Å²) in [6.45, 7) is 3.34. The Morgan fingerprint density at radius 2 is 2.00 bits per heavy atom. The fourth-order valence-corrected chi connectivity index (χ4v) is 3.53. The van der Waals surface area contributed by atoms with Crippen LogP contribution in [0.2, 0.25) is 0 Å². The second-order valence-electron chi connectivity index (χ2n) is 7.91. The predicted octanol–water partition coefficient (Wildman–Crippen LogP) is 4.27. The first-order valence-corrected chi connectivity index (χ1v) is 9.81. The van der Waals surface area contributed by atoms with E-state index in [4.69, 9.17) is 9.84 Å². The average Bonchev–Trinajstić information content (AvgIpc) is 3.36. The van der Waals surface area contributed by atoms with Crippen LogP contribution in [-0.4, -0.2) is 27.3 Å². The Morgan fingerprint density at radius 1 is 1.21 bits per heavy atom. The summed E-state index contributed by atoms with van der Waals surface area (Å²) in [5, 5.41) is 7.65. The minimum Gasteiger partial charge on any atom is -0.477 e. The van der Waals surface area contributed by atoms with E-state index in [2.05, 4.69) is 10.3 Å². The van der Waals surface area contributed by atoms with Gasteiger partial charge in [0, 0.05) is 30.1 Å². The molecule has 2 aliphatic rings. The van der Waals surface area contributed by atoms with Crippen molar-refractivity contribution in [2.24, 2.45) is 5.41 Å². The molecular formula is C22H21FN4O2. The Kier molecular flexibility index (Phi) is 4.12. The summed E-state index contributed by atoms with van der Waals surface area (Å²) in [5.74, 6) is 0.891. The quantitative estimate of drug-likeness (QED) is 0.720. The van der Waals surface area contributed by atoms with Gasteiger partial charge in [-0.3, -0.25) is 4.79 Å². The van der Waals surface area contributed by atoms with Crippen LogP contribution >= 0.6 is 0 Å². The number of aromatic nitrogens is 3. The van der Waals surface area contributed by atoms with Crippen LogP contribution in [0.25, 0.3) is 22.4 Å². The molecule has 0 bridgehead atoms. The topological polar surface area (TPSA) is 69.0 Å². The van der Waals surface area contributed by atoms with Crippen LogP contribution in [-0.2, 0) is 11.3 Å². The second kappa shape index (κ2) is 6.69. The third kappa shape index (κ3) is 3.26. The number of nitrogens with zero attached hydrogens (tertiary/aromatic N) is 3. The van der Waals surface area contributed by atoms with Gasteiger partial charge in [-0.25, -0.2) is 14.1 Å². The Bertz CT molecular complexity index is 1090. The number of anilines is 1. The summed E-state index contributed by atoms with van der Waals surface area (Å²) in [7, 11) is 0. The van der Waals surface area contributed by atoms with Crippen molar-refractivity contribution in [2.45, 2.75) is 32.7 Å². The zero-order chi connectivity index (χ0) is 20.0. The van der Waals surface area contributed by atoms with E-state index in [0.29, 0.717) is 18.3 Å². The first-order valence-electron chi connectivity index (χ1n) is 9.81. The van der Waals surface area contributed by atoms with E-state index in [1.807, 2.05) is 23.7 Å². The van der Waals surface area contributed by atoms with Gasteiger partial charge in [0.15, 0.2) is 0 Å². The van der Waals surface area contributed by atoms with Crippen molar-refractivity contribution in [1.82, 2.24) is 14.8 Å². The number of carbonyl (C=O) groups is 1. The number of rotatable bonds is 4. The van der Waals surface area contributed by atoms with Crippen LogP contribution in [0.15, 0.2) is 42.6 Å². The Morgan fingerprint density at radius 3 is 2.76 bits per heavy atom. The van der Waals surface area contributed by atoms with E-state index in [9.17, 15) is 9.18 Å². The molecule has 0 radical (unpaired) electrons. The smallest absolute Gasteiger partial charge is 0.231 e. The molecule has 0 saturated heterocycles. The average molecular weight is 392 g/mol. The monoisotopic (exact) mass is 392 g/mol. The highest BCUT2D eigenvalue weighted by molar-refractivity contribution is 5.97. The lowest BCUT2D eigenvalue weighted by molar-refractivity contribution is -0.120. The van der Waals surface area contributed by atoms with E-state index in [1.165, 1.54) is 12.1 Å². The molecule has 3 aromatic rings. The number of pyridine rings is 1. The minimum atomic E-state index is -0.294. The number of aryl methyl sites for hydroxylation is 1. The summed E-state index contributed by atoms with van der Waals surface area (Å²) in [4.78, 5) is 16.7. The lowest BCUT2D eigenvalue weighted by Gasteiger charge is -2.16. The number of ether oxygens (including phenoxy) is 1. The molecule has 7 heteroatoms. The van der Waals surface area contributed by atoms with Crippen LogP contribution < -0.4 is 10.1 Å². The highest BCUT2D eigenvalue weighted by Crippen LogP contribution is 2.46. The lowest BCUT2D eigenvalue weighted by Crippen LogP contribution is -2.21. The maximum absolute atomic E-state index is 13.4. The molecule has 2 aromatic heterocycles. The molecule has 148 valence electrons. The molecule has 1 amide bonds. The lowest BCUT2D eigenvalue weighted by atomic mass is 10.0. The SMILES string of the molecule is CC1(C(=O)Nc2cc(-c3c(-c4ccc(F)cc4)nn4c3OCCC4)ccn2)CC1. The van der Waals surface area contributed by atoms with Gasteiger partial charge in [-0.2, -0.15) is 5.10 Å². The first-order chi connectivity index (χ1) is 14.0. The van der Waals surface area contributed by atoms with E-state index in [1.54, 1.807) is 18.3 Å². The Balaban J connectivity index is 1.58. The molecule has 1 aliphatic carbocycles. The number of amides is 1. The molecule has 1 aliphatic heterocycles. The molecule has 29 heavy (non-hydrogen) atoms. The maximum atomic E-state index is 13.4. The maximum Gasteiger partial charge on any atom is 0.231 e. The molecular weight excluding hydrogens is 371 g/mol. The zero-order valence-electron chi connectivity index (χ0n) is 16.1. The first kappa shape index (κ1) is 17.8. The summed E-state index contributed by atoms with van der Waals surface area (Å²) in [5.41, 5.74) is 2.92. The summed E-state index contributed by atoms with van der Waals surface area (Å²) >= 11 is 0. The molecule has 1 aromatic carbocycles. The van der Waals surface area contributed by atoms with E-state index in [-0.39, 0.29) is 17.1 Å². The number of carbonyl (C=O) groups excluding carboxylic acids is 1. The zero-order valence-corrected chi connectivity index (χ0v) is 16.1. The van der Waals surface area contributed by atoms with E-state index < -0.39 is 0 Å². The highest BCUT2D eigenvalue weighted by atomic mass is 19.1. The van der Waals surface area contributed by atoms with Gasteiger partial charge in [0.05, 0.1) is 12.2 Å². The second-order valence-corrected chi connectivity index (χ2v) is 7.91. The number of halogens is 1. The standard InChI is InChI=1S/C22H21FN4O2/c1-22(8-9-22)21(28)25-17-13-15(7-10-24-17)18-19(14-3-5-16(23)6-4-14)26-27-11-2-12-29-20(18)27/h3-7,10,13H,2,8-9,11-12H2,1H3,(H,24,25,28). The van der Waals surface area contributed by atoms with Gasteiger partial charge in [-0.15, -0.1) is 0 Å². The van der Waals surface area contributed by atoms with Crippen LogP contribution in [0.3, 0.4) is 0 Å². The number of fused-ring (bicyclic) bond motifs is 1. The van der Waals surface area contributed by atoms with E-state index >= 15 is 0 Å². The van der Waals surface area contributed by atoms with Gasteiger partial charge in [-0.05, 0) is 54.8 Å². The molecule has 3 heterocycles. The Hall–Kier alpha value is -3.22. The van der Waals surface area contributed by atoms with Crippen molar-refractivity contribution in [3.63, 3.8) is 0 Å². The molecule has 5 rings (SSSR count). The number of benzene rings is 1. The summed E-state index contributed by atoms with van der Waals surface area (Å²) in [6.07, 6.45) is 4.35. The largest absolute Gasteiger partial charge is 0.477 e. The normalized spacial score (nSPS) is 16.6. The van der Waals surface area contributed by atoms with Gasteiger partial charge < -0.3 is 10.1 Å². The fraction of sp³-hybridized carbons (Fsp3) is 0.318. The van der Waals surface area contributed by atoms with Crippen molar-refractivity contribution >= 4 is 11.7 Å². The summed E-state index contributed by atoms with van der Waals surface area (Å²) < 4.78 is 21.2. The number of hydrogen-bond donors (Lipinski definition) is 1. The van der Waals surface area contributed by atoms with Crippen molar-refractivity contribution in [2.75, 3.05) is 11.9 Å². The van der Waals surface area contributed by atoms with Gasteiger partial charge in [0.1, 0.15) is 17.3 Å². The molecule has 1 N–H and O–H groups in total. The molecule has 0 spiro atoms. The van der Waals surface area contributed by atoms with Crippen molar-refractivity contribution in [3.05, 3.63) is 48.4 Å². The Labute approximate surface area is 167 Å². The molecule has 1 fully saturated rings. The fourth-order valence-electron chi connectivity index (χ4n) is 3.53. The highest BCUT2D eigenvalue weighted by Gasteiger charge is 2.45. The molecule has 6 nitrogen and oxygen atoms in total. The van der Waals surface area contributed by atoms with Crippen LogP contribution in [0.1, 0.15) is 26.2 Å². The minimum absolute atomic E-state index is 0.00538. The van der Waals surface area contributed by atoms with Crippen molar-refractivity contribution < 1.29 is 13.9 Å². The van der Waals surface area contributed by atoms with Crippen LogP contribution in [0.4, 0.5) is 10.2 Å². The molecule has 1 saturated carbocycles. The van der Waals surface area contributed by atoms with Crippen molar-refractivity contribution in [1.29, 1.82) is 0 Å². The van der Waals surface area contributed by atoms with Gasteiger partial charge in [0.2, 0.25) is 11.8 Å². The van der Waals surface area contributed by atoms with Gasteiger partial charge in [-0.1, -0.05) is 6.92 Å². The number of nitrogens with one attached hydrogen (secondary N) is 1. The summed E-state index contributed by atoms with van der Waals surface area (Å²) in [6, 6.07) is 9.99. The predicted molar refractivity (Wildman–Crippen MR) is 107 cm³/mol. The number of hydrogen-bond acceptors (Lipinski definition) is 4. The third-order valence-electron chi connectivity index (χ3n) is 5.61. The van der Waals surface area contributed by atoms with Crippen molar-refractivity contribution in [3.8, 4) is 28.3 Å². The molecule has 0 atom stereocenters. The van der Waals surface area contributed by atoms with Crippen LogP contribution in [0, 0.1) is 11.2 Å². The van der Waals surface area contributed by atoms with E-state index in [0.717, 1.165) is 48.2 Å². The van der Waals surface area contributed by atoms with Crippen LogP contribution in [0.5, 0.6) is 5.88 Å². The molecule has 0 unspecified atom stereocenters.